The smallest absolute Gasteiger partial charge is 0.341 e. The zero-order valence-electron chi connectivity index (χ0n) is 17.6. The minimum atomic E-state index is -2.59. The molecular weight excluding hydrogens is 372 g/mol. The van der Waals surface area contributed by atoms with Crippen LogP contribution in [0.1, 0.15) is 41.5 Å². The highest BCUT2D eigenvalue weighted by molar-refractivity contribution is 6.93. The second-order valence-corrected chi connectivity index (χ2v) is 17.0. The summed E-state index contributed by atoms with van der Waals surface area (Å²) in [4.78, 5) is 0. The van der Waals surface area contributed by atoms with Crippen LogP contribution in [0.5, 0.6) is 0 Å². The van der Waals surface area contributed by atoms with E-state index in [2.05, 4.69) is 13.1 Å². The zero-order valence-corrected chi connectivity index (χ0v) is 20.6. The summed E-state index contributed by atoms with van der Waals surface area (Å²) < 4.78 is 36.9. The third kappa shape index (κ3) is 9.25. The van der Waals surface area contributed by atoms with Crippen molar-refractivity contribution in [2.45, 2.75) is 66.0 Å². The van der Waals surface area contributed by atoms with Crippen LogP contribution < -0.4 is 0 Å². The molecular formula is C16H40O6Si3. The summed E-state index contributed by atoms with van der Waals surface area (Å²) in [5.74, 6) is 0. The first-order valence-electron chi connectivity index (χ1n) is 9.61. The molecule has 0 saturated carbocycles. The monoisotopic (exact) mass is 412 g/mol. The lowest BCUT2D eigenvalue weighted by molar-refractivity contribution is 0.157. The number of hydrogen-bond donors (Lipinski definition) is 0. The maximum Gasteiger partial charge on any atom is 0.341 e. The quantitative estimate of drug-likeness (QED) is 0.359. The molecule has 0 radical (unpaired) electrons. The maximum absolute atomic E-state index is 6.31. The minimum Gasteiger partial charge on any atom is -0.395 e. The van der Waals surface area contributed by atoms with Gasteiger partial charge in [-0.25, -0.2) is 0 Å². The molecule has 0 fully saturated rings. The highest BCUT2D eigenvalue weighted by atomic mass is 28.5. The molecule has 9 heteroatoms. The van der Waals surface area contributed by atoms with E-state index >= 15 is 0 Å². The van der Waals surface area contributed by atoms with Crippen molar-refractivity contribution in [3.8, 4) is 0 Å². The first-order chi connectivity index (χ1) is 11.8. The first kappa shape index (κ1) is 25.4. The average molecular weight is 413 g/mol. The van der Waals surface area contributed by atoms with E-state index in [0.717, 1.165) is 11.3 Å². The summed E-state index contributed by atoms with van der Waals surface area (Å²) in [5, 5.41) is 0. The number of rotatable bonds is 16. The normalized spacial score (nSPS) is 13.4. The molecule has 25 heavy (non-hydrogen) atoms. The van der Waals surface area contributed by atoms with Gasteiger partial charge in [0, 0.05) is 51.0 Å². The lowest BCUT2D eigenvalue weighted by Gasteiger charge is -2.40. The van der Waals surface area contributed by atoms with E-state index in [9.17, 15) is 0 Å². The van der Waals surface area contributed by atoms with Gasteiger partial charge in [-0.15, -0.1) is 0 Å². The van der Waals surface area contributed by atoms with Gasteiger partial charge in [0.15, 0.2) is 0 Å². The Hall–Kier alpha value is 0.411. The zero-order chi connectivity index (χ0) is 19.4. The predicted octanol–water partition coefficient (Wildman–Crippen LogP) is 3.87. The first-order valence-corrected chi connectivity index (χ1v) is 16.9. The molecule has 6 nitrogen and oxygen atoms in total. The van der Waals surface area contributed by atoms with Gasteiger partial charge in [-0.05, 0) is 54.6 Å². The van der Waals surface area contributed by atoms with E-state index < -0.39 is 25.7 Å². The Balaban J connectivity index is 5.66. The topological polar surface area (TPSA) is 55.4 Å². The van der Waals surface area contributed by atoms with Crippen LogP contribution in [0, 0.1) is 0 Å². The molecule has 0 heterocycles. The van der Waals surface area contributed by atoms with Crippen LogP contribution in [-0.2, 0) is 26.6 Å². The van der Waals surface area contributed by atoms with Crippen molar-refractivity contribution in [2.75, 3.05) is 39.6 Å². The van der Waals surface area contributed by atoms with Gasteiger partial charge in [0.05, 0.1) is 0 Å². The highest BCUT2D eigenvalue weighted by Gasteiger charge is 2.54. The van der Waals surface area contributed by atoms with Gasteiger partial charge in [-0.2, -0.15) is 0 Å². The lowest BCUT2D eigenvalue weighted by Crippen LogP contribution is -2.59. The van der Waals surface area contributed by atoms with E-state index in [0.29, 0.717) is 39.6 Å². The van der Waals surface area contributed by atoms with E-state index in [1.54, 1.807) is 0 Å². The molecule has 0 N–H and O–H groups in total. The van der Waals surface area contributed by atoms with Crippen LogP contribution >= 0.6 is 0 Å². The molecule has 0 amide bonds. The van der Waals surface area contributed by atoms with Crippen LogP contribution in [0.15, 0.2) is 0 Å². The SMILES string of the molecule is CCO[Si](C)(C[Si](C[Si](C)(OCC)OCC)(OCC)OCC)OCC. The summed E-state index contributed by atoms with van der Waals surface area (Å²) in [5.41, 5.74) is 1.46. The van der Waals surface area contributed by atoms with E-state index in [4.69, 9.17) is 26.6 Å². The van der Waals surface area contributed by atoms with Crippen molar-refractivity contribution >= 4 is 25.7 Å². The second-order valence-electron chi connectivity index (χ2n) is 6.13. The molecule has 0 aliphatic carbocycles. The summed E-state index contributed by atoms with van der Waals surface area (Å²) in [6, 6.07) is 0. The van der Waals surface area contributed by atoms with E-state index in [1.807, 2.05) is 41.5 Å². The molecule has 0 spiro atoms. The molecule has 0 aromatic carbocycles. The second kappa shape index (κ2) is 12.7. The Kier molecular flexibility index (Phi) is 12.9. The molecule has 0 atom stereocenters. The third-order valence-corrected chi connectivity index (χ3v) is 18.5. The van der Waals surface area contributed by atoms with Crippen molar-refractivity contribution < 1.29 is 26.6 Å². The van der Waals surface area contributed by atoms with Gasteiger partial charge in [0.1, 0.15) is 0 Å². The fourth-order valence-corrected chi connectivity index (χ4v) is 19.8. The number of hydrogen-bond acceptors (Lipinski definition) is 6. The molecule has 0 rings (SSSR count). The van der Waals surface area contributed by atoms with Crippen molar-refractivity contribution in [3.05, 3.63) is 0 Å². The molecule has 0 saturated heterocycles. The Morgan fingerprint density at radius 1 is 0.440 bits per heavy atom. The molecule has 0 aromatic heterocycles. The van der Waals surface area contributed by atoms with Gasteiger partial charge in [-0.3, -0.25) is 0 Å². The van der Waals surface area contributed by atoms with Gasteiger partial charge < -0.3 is 26.6 Å². The van der Waals surface area contributed by atoms with Crippen LogP contribution in [0.4, 0.5) is 0 Å². The molecule has 0 aliphatic heterocycles. The van der Waals surface area contributed by atoms with Gasteiger partial charge in [0.25, 0.3) is 0 Å². The Morgan fingerprint density at radius 3 is 0.880 bits per heavy atom. The standard InChI is InChI=1S/C16H40O6Si3/c1-9-17-23(7,18-10-2)15-25(21-13-5,22-14-6)16-24(8,19-11-3)20-12-4/h9-16H2,1-8H3. The van der Waals surface area contributed by atoms with Crippen LogP contribution in [0.25, 0.3) is 0 Å². The summed E-state index contributed by atoms with van der Waals surface area (Å²) in [6.45, 7) is 20.0. The summed E-state index contributed by atoms with van der Waals surface area (Å²) >= 11 is 0. The Bertz CT molecular complexity index is 302. The van der Waals surface area contributed by atoms with Crippen molar-refractivity contribution in [2.24, 2.45) is 0 Å². The molecule has 0 aliphatic rings. The van der Waals surface area contributed by atoms with Crippen LogP contribution in [0.2, 0.25) is 24.4 Å². The molecule has 0 bridgehead atoms. The fourth-order valence-electron chi connectivity index (χ4n) is 3.32. The summed E-state index contributed by atoms with van der Waals surface area (Å²) in [6.07, 6.45) is 0. The van der Waals surface area contributed by atoms with Crippen molar-refractivity contribution in [1.82, 2.24) is 0 Å². The van der Waals surface area contributed by atoms with Crippen molar-refractivity contribution in [1.29, 1.82) is 0 Å². The lowest BCUT2D eigenvalue weighted by atomic mass is 10.9. The van der Waals surface area contributed by atoms with Crippen LogP contribution in [-0.4, -0.2) is 65.3 Å². The predicted molar refractivity (Wildman–Crippen MR) is 108 cm³/mol. The van der Waals surface area contributed by atoms with Gasteiger partial charge in [0.2, 0.25) is 0 Å². The van der Waals surface area contributed by atoms with Crippen LogP contribution in [0.3, 0.4) is 0 Å². The molecule has 0 unspecified atom stereocenters. The van der Waals surface area contributed by atoms with E-state index in [1.165, 1.54) is 0 Å². The molecule has 0 aromatic rings. The highest BCUT2D eigenvalue weighted by Crippen LogP contribution is 2.32. The Morgan fingerprint density at radius 2 is 0.680 bits per heavy atom. The third-order valence-electron chi connectivity index (χ3n) is 3.79. The van der Waals surface area contributed by atoms with Crippen molar-refractivity contribution in [3.63, 3.8) is 0 Å². The summed E-state index contributed by atoms with van der Waals surface area (Å²) in [7, 11) is -7.36. The minimum absolute atomic E-state index is 0.609. The fraction of sp³-hybridized carbons (Fsp3) is 1.00. The maximum atomic E-state index is 6.31. The molecule has 152 valence electrons. The average Bonchev–Trinajstić information content (AvgIpc) is 2.47. The van der Waals surface area contributed by atoms with Gasteiger partial charge >= 0.3 is 25.7 Å². The van der Waals surface area contributed by atoms with Gasteiger partial charge in [-0.1, -0.05) is 0 Å². The largest absolute Gasteiger partial charge is 0.395 e. The Labute approximate surface area is 158 Å². The van der Waals surface area contributed by atoms with E-state index in [-0.39, 0.29) is 0 Å².